The second-order valence-electron chi connectivity index (χ2n) is 4.51. The minimum absolute atomic E-state index is 0.306. The maximum Gasteiger partial charge on any atom is 0.319 e. The molecule has 0 bridgehead atoms. The number of carboxylic acid groups (broad SMARTS) is 1. The molecule has 1 aliphatic carbocycles. The van der Waals surface area contributed by atoms with Crippen LogP contribution in [0.5, 0.6) is 0 Å². The molecule has 1 unspecified atom stereocenters. The molecule has 0 saturated heterocycles. The van der Waals surface area contributed by atoms with Crippen molar-refractivity contribution in [1.82, 2.24) is 5.32 Å². The van der Waals surface area contributed by atoms with Gasteiger partial charge in [0.1, 0.15) is 5.41 Å². The Kier molecular flexibility index (Phi) is 4.65. The van der Waals surface area contributed by atoms with Gasteiger partial charge in [-0.1, -0.05) is 13.3 Å². The van der Waals surface area contributed by atoms with Crippen LogP contribution in [0.2, 0.25) is 0 Å². The van der Waals surface area contributed by atoms with E-state index in [2.05, 4.69) is 5.32 Å². The van der Waals surface area contributed by atoms with Crippen molar-refractivity contribution in [3.8, 4) is 0 Å². The van der Waals surface area contributed by atoms with Crippen LogP contribution in [-0.2, 0) is 9.59 Å². The zero-order chi connectivity index (χ0) is 12.2. The summed E-state index contributed by atoms with van der Waals surface area (Å²) in [5.41, 5.74) is -1.13. The van der Waals surface area contributed by atoms with Gasteiger partial charge in [-0.2, -0.15) is 11.8 Å². The molecule has 1 rings (SSSR count). The van der Waals surface area contributed by atoms with Crippen LogP contribution >= 0.6 is 11.8 Å². The van der Waals surface area contributed by atoms with Crippen molar-refractivity contribution in [1.29, 1.82) is 0 Å². The number of hydrogen-bond donors (Lipinski definition) is 2. The molecule has 1 atom stereocenters. The number of carbonyl (C=O) groups excluding carboxylic acids is 1. The molecule has 0 aliphatic heterocycles. The molecule has 1 fully saturated rings. The van der Waals surface area contributed by atoms with Gasteiger partial charge in [-0.05, 0) is 30.8 Å². The largest absolute Gasteiger partial charge is 0.480 e. The van der Waals surface area contributed by atoms with Crippen molar-refractivity contribution in [2.75, 3.05) is 18.6 Å². The first-order chi connectivity index (χ1) is 7.53. The number of aliphatic carboxylic acids is 1. The molecule has 0 aromatic heterocycles. The van der Waals surface area contributed by atoms with Crippen LogP contribution in [0.4, 0.5) is 0 Å². The summed E-state index contributed by atoms with van der Waals surface area (Å²) in [7, 11) is 0. The smallest absolute Gasteiger partial charge is 0.319 e. The van der Waals surface area contributed by atoms with E-state index in [1.54, 1.807) is 11.8 Å². The summed E-state index contributed by atoms with van der Waals surface area (Å²) in [5.74, 6) is 0.0678. The van der Waals surface area contributed by atoms with Gasteiger partial charge in [0.15, 0.2) is 0 Å². The number of nitrogens with one attached hydrogen (secondary N) is 1. The van der Waals surface area contributed by atoms with E-state index >= 15 is 0 Å². The Balaban J connectivity index is 2.42. The van der Waals surface area contributed by atoms with Gasteiger partial charge in [0.2, 0.25) is 5.91 Å². The van der Waals surface area contributed by atoms with E-state index in [0.29, 0.717) is 25.3 Å². The van der Waals surface area contributed by atoms with Crippen molar-refractivity contribution in [3.63, 3.8) is 0 Å². The van der Waals surface area contributed by atoms with Gasteiger partial charge in [0.05, 0.1) is 0 Å². The molecule has 0 aromatic rings. The van der Waals surface area contributed by atoms with Crippen LogP contribution in [0.15, 0.2) is 0 Å². The number of amides is 1. The summed E-state index contributed by atoms with van der Waals surface area (Å²) in [4.78, 5) is 22.8. The molecule has 92 valence electrons. The Bertz CT molecular complexity index is 276. The lowest BCUT2D eigenvalue weighted by molar-refractivity contribution is -0.162. The Morgan fingerprint density at radius 1 is 1.50 bits per heavy atom. The summed E-state index contributed by atoms with van der Waals surface area (Å²) in [6, 6.07) is 0. The predicted octanol–water partition coefficient (Wildman–Crippen LogP) is 1.36. The molecule has 5 heteroatoms. The number of rotatable bonds is 6. The lowest BCUT2D eigenvalue weighted by Crippen LogP contribution is -2.51. The third-order valence-electron chi connectivity index (χ3n) is 3.11. The summed E-state index contributed by atoms with van der Waals surface area (Å²) < 4.78 is 0. The standard InChI is InChI=1S/C11H19NO3S/c1-8(7-16-2)6-12-9(13)11(10(14)15)4-3-5-11/h8H,3-7H2,1-2H3,(H,12,13)(H,14,15). The molecule has 1 saturated carbocycles. The van der Waals surface area contributed by atoms with Crippen LogP contribution < -0.4 is 5.32 Å². The number of thioether (sulfide) groups is 1. The summed E-state index contributed by atoms with van der Waals surface area (Å²) in [5, 5.41) is 11.8. The van der Waals surface area contributed by atoms with Gasteiger partial charge in [0.25, 0.3) is 0 Å². The second kappa shape index (κ2) is 5.57. The van der Waals surface area contributed by atoms with Crippen LogP contribution in [-0.4, -0.2) is 35.5 Å². The van der Waals surface area contributed by atoms with Gasteiger partial charge in [-0.3, -0.25) is 9.59 Å². The lowest BCUT2D eigenvalue weighted by Gasteiger charge is -2.36. The summed E-state index contributed by atoms with van der Waals surface area (Å²) in [6.45, 7) is 2.61. The van der Waals surface area contributed by atoms with E-state index < -0.39 is 11.4 Å². The van der Waals surface area contributed by atoms with Gasteiger partial charge in [-0.25, -0.2) is 0 Å². The molecule has 4 nitrogen and oxygen atoms in total. The molecule has 1 amide bonds. The van der Waals surface area contributed by atoms with Gasteiger partial charge in [-0.15, -0.1) is 0 Å². The van der Waals surface area contributed by atoms with E-state index in [1.807, 2.05) is 13.2 Å². The fourth-order valence-corrected chi connectivity index (χ4v) is 2.53. The summed E-state index contributed by atoms with van der Waals surface area (Å²) >= 11 is 1.73. The third kappa shape index (κ3) is 2.70. The maximum atomic E-state index is 11.8. The lowest BCUT2D eigenvalue weighted by atomic mass is 9.68. The monoisotopic (exact) mass is 245 g/mol. The van der Waals surface area contributed by atoms with Crippen molar-refractivity contribution in [3.05, 3.63) is 0 Å². The first kappa shape index (κ1) is 13.4. The van der Waals surface area contributed by atoms with Crippen molar-refractivity contribution >= 4 is 23.6 Å². The highest BCUT2D eigenvalue weighted by atomic mass is 32.2. The average molecular weight is 245 g/mol. The van der Waals surface area contributed by atoms with Crippen molar-refractivity contribution < 1.29 is 14.7 Å². The SMILES string of the molecule is CSCC(C)CNC(=O)C1(C(=O)O)CCC1. The molecular formula is C11H19NO3S. The van der Waals surface area contributed by atoms with Crippen LogP contribution in [0.25, 0.3) is 0 Å². The first-order valence-electron chi connectivity index (χ1n) is 5.53. The molecular weight excluding hydrogens is 226 g/mol. The molecule has 0 aromatic carbocycles. The van der Waals surface area contributed by atoms with Crippen molar-refractivity contribution in [2.24, 2.45) is 11.3 Å². The van der Waals surface area contributed by atoms with Gasteiger partial charge >= 0.3 is 5.97 Å². The normalized spacial score (nSPS) is 19.6. The summed E-state index contributed by atoms with van der Waals surface area (Å²) in [6.07, 6.45) is 3.80. The number of carboxylic acids is 1. The Labute approximate surface area is 100 Å². The van der Waals surface area contributed by atoms with Gasteiger partial charge < -0.3 is 10.4 Å². The van der Waals surface area contributed by atoms with Crippen molar-refractivity contribution in [2.45, 2.75) is 26.2 Å². The zero-order valence-electron chi connectivity index (χ0n) is 9.78. The van der Waals surface area contributed by atoms with Crippen LogP contribution in [0, 0.1) is 11.3 Å². The van der Waals surface area contributed by atoms with E-state index in [-0.39, 0.29) is 5.91 Å². The molecule has 2 N–H and O–H groups in total. The molecule has 1 aliphatic rings. The number of hydrogen-bond acceptors (Lipinski definition) is 3. The second-order valence-corrected chi connectivity index (χ2v) is 5.42. The topological polar surface area (TPSA) is 66.4 Å². The third-order valence-corrected chi connectivity index (χ3v) is 4.02. The highest BCUT2D eigenvalue weighted by Crippen LogP contribution is 2.41. The molecule has 0 radical (unpaired) electrons. The van der Waals surface area contributed by atoms with Gasteiger partial charge in [0, 0.05) is 6.54 Å². The fraction of sp³-hybridized carbons (Fsp3) is 0.818. The minimum Gasteiger partial charge on any atom is -0.480 e. The van der Waals surface area contributed by atoms with E-state index in [9.17, 15) is 9.59 Å². The van der Waals surface area contributed by atoms with E-state index in [1.165, 1.54) is 0 Å². The highest BCUT2D eigenvalue weighted by Gasteiger charge is 2.51. The Morgan fingerprint density at radius 2 is 2.12 bits per heavy atom. The maximum absolute atomic E-state index is 11.8. The van der Waals surface area contributed by atoms with E-state index in [4.69, 9.17) is 5.11 Å². The number of carbonyl (C=O) groups is 2. The minimum atomic E-state index is -1.13. The predicted molar refractivity (Wildman–Crippen MR) is 64.5 cm³/mol. The van der Waals surface area contributed by atoms with E-state index in [0.717, 1.165) is 12.2 Å². The Morgan fingerprint density at radius 3 is 2.50 bits per heavy atom. The first-order valence-corrected chi connectivity index (χ1v) is 6.93. The molecule has 0 spiro atoms. The molecule has 0 heterocycles. The Hall–Kier alpha value is -0.710. The quantitative estimate of drug-likeness (QED) is 0.693. The average Bonchev–Trinajstić information content (AvgIpc) is 2.12. The highest BCUT2D eigenvalue weighted by molar-refractivity contribution is 7.98. The zero-order valence-corrected chi connectivity index (χ0v) is 10.6. The fourth-order valence-electron chi connectivity index (χ4n) is 1.85. The van der Waals surface area contributed by atoms with Crippen LogP contribution in [0.1, 0.15) is 26.2 Å². The molecule has 16 heavy (non-hydrogen) atoms. The van der Waals surface area contributed by atoms with Crippen LogP contribution in [0.3, 0.4) is 0 Å².